The fraction of sp³-hybridized carbons (Fsp3) is 0.455. The van der Waals surface area contributed by atoms with E-state index in [4.69, 9.17) is 15.8 Å². The van der Waals surface area contributed by atoms with E-state index in [1.165, 1.54) is 18.5 Å². The molecule has 4 aliphatic rings. The van der Waals surface area contributed by atoms with E-state index in [0.717, 1.165) is 73.1 Å². The number of hydrogen-bond donors (Lipinski definition) is 3. The van der Waals surface area contributed by atoms with Gasteiger partial charge < -0.3 is 26.1 Å². The normalized spacial score (nSPS) is 21.8. The first-order chi connectivity index (χ1) is 21.9. The van der Waals surface area contributed by atoms with Gasteiger partial charge in [-0.2, -0.15) is 5.10 Å². The Labute approximate surface area is 261 Å². The summed E-state index contributed by atoms with van der Waals surface area (Å²) in [6, 6.07) is 8.52. The average molecular weight is 611 g/mol. The predicted octanol–water partition coefficient (Wildman–Crippen LogP) is 2.72. The largest absolute Gasteiger partial charge is 0.385 e. The van der Waals surface area contributed by atoms with Crippen molar-refractivity contribution >= 4 is 35.4 Å². The molecule has 0 spiro atoms. The van der Waals surface area contributed by atoms with Crippen LogP contribution in [0.1, 0.15) is 76.9 Å². The summed E-state index contributed by atoms with van der Waals surface area (Å²) in [7, 11) is 0. The van der Waals surface area contributed by atoms with Crippen molar-refractivity contribution in [2.75, 3.05) is 42.9 Å². The highest BCUT2D eigenvalue weighted by atomic mass is 16.2. The number of amides is 3. The van der Waals surface area contributed by atoms with Gasteiger partial charge in [0.15, 0.2) is 0 Å². The lowest BCUT2D eigenvalue weighted by Gasteiger charge is -2.35. The van der Waals surface area contributed by atoms with Gasteiger partial charge in [-0.15, -0.1) is 0 Å². The summed E-state index contributed by atoms with van der Waals surface area (Å²) >= 11 is 0. The van der Waals surface area contributed by atoms with Gasteiger partial charge in [0.05, 0.1) is 28.6 Å². The molecule has 1 saturated heterocycles. The fourth-order valence-corrected chi connectivity index (χ4v) is 6.76. The van der Waals surface area contributed by atoms with Crippen molar-refractivity contribution in [3.05, 3.63) is 59.5 Å². The van der Waals surface area contributed by atoms with Crippen molar-refractivity contribution < 1.29 is 19.2 Å². The van der Waals surface area contributed by atoms with Crippen LogP contribution in [0.25, 0.3) is 11.3 Å². The van der Waals surface area contributed by atoms with Gasteiger partial charge in [0.1, 0.15) is 12.3 Å². The van der Waals surface area contributed by atoms with E-state index in [0.29, 0.717) is 24.2 Å². The molecule has 3 aromatic rings. The van der Waals surface area contributed by atoms with Gasteiger partial charge in [0.25, 0.3) is 11.8 Å². The zero-order chi connectivity index (χ0) is 31.1. The lowest BCUT2D eigenvalue weighted by atomic mass is 9.80. The predicted molar refractivity (Wildman–Crippen MR) is 168 cm³/mol. The molecule has 12 heteroatoms. The zero-order valence-electron chi connectivity index (χ0n) is 25.2. The third kappa shape index (κ3) is 5.70. The number of imide groups is 1. The highest BCUT2D eigenvalue weighted by Gasteiger charge is 2.42. The molecule has 1 aromatic carbocycles. The average Bonchev–Trinajstić information content (AvgIpc) is 3.75. The highest BCUT2D eigenvalue weighted by Crippen LogP contribution is 2.46. The van der Waals surface area contributed by atoms with Crippen molar-refractivity contribution in [2.45, 2.75) is 56.5 Å². The van der Waals surface area contributed by atoms with Gasteiger partial charge in [-0.3, -0.25) is 28.9 Å². The van der Waals surface area contributed by atoms with E-state index in [1.54, 1.807) is 18.2 Å². The number of pyridine rings is 1. The van der Waals surface area contributed by atoms with Crippen molar-refractivity contribution in [1.29, 1.82) is 0 Å². The van der Waals surface area contributed by atoms with E-state index in [2.05, 4.69) is 38.5 Å². The number of hydrogen-bond acceptors (Lipinski definition) is 9. The maximum absolute atomic E-state index is 13.1. The molecule has 3 amide bonds. The Kier molecular flexibility index (Phi) is 7.82. The SMILES string of the molecule is NC(=O)C(CCC=O)N1C(=O)c2ccc(NC[C@H]3C[C@H](n4cc(-c5cc(N6CCNCC6)ccn5)c(C5CC5)n4)C3)cc2C1=O. The van der Waals surface area contributed by atoms with E-state index in [9.17, 15) is 19.2 Å². The minimum atomic E-state index is -1.15. The number of primary amides is 1. The molecule has 2 aliphatic carbocycles. The fourth-order valence-electron chi connectivity index (χ4n) is 6.76. The molecule has 0 radical (unpaired) electrons. The van der Waals surface area contributed by atoms with Gasteiger partial charge in [0, 0.05) is 74.4 Å². The number of carbonyl (C=O) groups is 4. The molecular weight excluding hydrogens is 572 g/mol. The molecule has 2 aliphatic heterocycles. The van der Waals surface area contributed by atoms with Crippen molar-refractivity contribution in [3.8, 4) is 11.3 Å². The van der Waals surface area contributed by atoms with Crippen LogP contribution in [0.4, 0.5) is 11.4 Å². The molecule has 12 nitrogen and oxygen atoms in total. The van der Waals surface area contributed by atoms with Crippen LogP contribution in [0.3, 0.4) is 0 Å². The maximum atomic E-state index is 13.1. The third-order valence-electron chi connectivity index (χ3n) is 9.52. The van der Waals surface area contributed by atoms with Gasteiger partial charge in [0.2, 0.25) is 5.91 Å². The van der Waals surface area contributed by atoms with Crippen LogP contribution in [0.15, 0.2) is 42.7 Å². The number of carbonyl (C=O) groups excluding carboxylic acids is 4. The van der Waals surface area contributed by atoms with Gasteiger partial charge >= 0.3 is 0 Å². The number of rotatable bonds is 12. The Morgan fingerprint density at radius 2 is 1.84 bits per heavy atom. The van der Waals surface area contributed by atoms with Gasteiger partial charge in [-0.05, 0) is 68.4 Å². The molecule has 234 valence electrons. The van der Waals surface area contributed by atoms with Crippen molar-refractivity contribution in [1.82, 2.24) is 25.0 Å². The van der Waals surface area contributed by atoms with E-state index >= 15 is 0 Å². The third-order valence-corrected chi connectivity index (χ3v) is 9.52. The molecule has 4 heterocycles. The second-order valence-electron chi connectivity index (χ2n) is 12.6. The summed E-state index contributed by atoms with van der Waals surface area (Å²) in [6.45, 7) is 4.69. The lowest BCUT2D eigenvalue weighted by molar-refractivity contribution is -0.122. The van der Waals surface area contributed by atoms with E-state index < -0.39 is 23.8 Å². The van der Waals surface area contributed by atoms with Gasteiger partial charge in [-0.25, -0.2) is 0 Å². The molecule has 1 unspecified atom stereocenters. The first-order valence-electron chi connectivity index (χ1n) is 15.9. The first-order valence-corrected chi connectivity index (χ1v) is 15.9. The second-order valence-corrected chi connectivity index (χ2v) is 12.6. The van der Waals surface area contributed by atoms with Crippen LogP contribution in [0.5, 0.6) is 0 Å². The molecule has 3 fully saturated rings. The number of benzene rings is 1. The summed E-state index contributed by atoms with van der Waals surface area (Å²) in [5, 5.41) is 11.9. The number of nitrogens with one attached hydrogen (secondary N) is 2. The number of nitrogens with zero attached hydrogens (tertiary/aromatic N) is 5. The second kappa shape index (κ2) is 12.1. The minimum absolute atomic E-state index is 0.0115. The van der Waals surface area contributed by atoms with E-state index in [1.807, 2.05) is 6.20 Å². The molecule has 0 bridgehead atoms. The summed E-state index contributed by atoms with van der Waals surface area (Å²) in [6.07, 6.45) is 9.10. The molecule has 4 N–H and O–H groups in total. The molecule has 7 rings (SSSR count). The Bertz CT molecular complexity index is 1640. The monoisotopic (exact) mass is 610 g/mol. The summed E-state index contributed by atoms with van der Waals surface area (Å²) in [5.41, 5.74) is 11.2. The smallest absolute Gasteiger partial charge is 0.262 e. The molecular formula is C33H38N8O4. The number of aldehydes is 1. The molecule has 2 saturated carbocycles. The standard InChI is InChI=1S/C33H38N8O4/c34-31(43)29(2-1-13-42)41-32(44)25-6-5-22(16-26(25)33(41)45)37-18-20-14-24(15-20)40-19-27(30(38-40)21-3-4-21)28-17-23(7-8-36-28)39-11-9-35-10-12-39/h5-8,13,16-17,19-21,24,29,35,37H,1-4,9-12,14-15,18H2,(H2,34,43)/t20-,24-,29?. The Balaban J connectivity index is 0.988. The molecule has 2 aromatic heterocycles. The van der Waals surface area contributed by atoms with Crippen LogP contribution in [0.2, 0.25) is 0 Å². The number of nitrogens with two attached hydrogens (primary N) is 1. The Morgan fingerprint density at radius 3 is 2.58 bits per heavy atom. The number of piperazine rings is 1. The topological polar surface area (TPSA) is 156 Å². The van der Waals surface area contributed by atoms with Crippen molar-refractivity contribution in [2.24, 2.45) is 11.7 Å². The Hall–Kier alpha value is -4.58. The quantitative estimate of drug-likeness (QED) is 0.207. The molecule has 45 heavy (non-hydrogen) atoms. The first kappa shape index (κ1) is 29.1. The van der Waals surface area contributed by atoms with Crippen LogP contribution in [-0.4, -0.2) is 82.4 Å². The summed E-state index contributed by atoms with van der Waals surface area (Å²) in [5.74, 6) is -0.986. The summed E-state index contributed by atoms with van der Waals surface area (Å²) < 4.78 is 2.15. The summed E-state index contributed by atoms with van der Waals surface area (Å²) in [4.78, 5) is 56.9. The van der Waals surface area contributed by atoms with Crippen LogP contribution in [0, 0.1) is 5.92 Å². The number of anilines is 2. The van der Waals surface area contributed by atoms with E-state index in [-0.39, 0.29) is 24.0 Å². The lowest BCUT2D eigenvalue weighted by Crippen LogP contribution is -2.47. The van der Waals surface area contributed by atoms with Crippen LogP contribution >= 0.6 is 0 Å². The van der Waals surface area contributed by atoms with Gasteiger partial charge in [-0.1, -0.05) is 0 Å². The Morgan fingerprint density at radius 1 is 1.07 bits per heavy atom. The highest BCUT2D eigenvalue weighted by molar-refractivity contribution is 6.23. The van der Waals surface area contributed by atoms with Crippen LogP contribution in [-0.2, 0) is 9.59 Å². The maximum Gasteiger partial charge on any atom is 0.262 e. The molecule has 1 atom stereocenters. The minimum Gasteiger partial charge on any atom is -0.385 e. The van der Waals surface area contributed by atoms with Crippen molar-refractivity contribution in [3.63, 3.8) is 0 Å². The van der Waals surface area contributed by atoms with Crippen LogP contribution < -0.4 is 21.3 Å². The number of fused-ring (bicyclic) bond motifs is 1. The number of aromatic nitrogens is 3. The zero-order valence-corrected chi connectivity index (χ0v) is 25.2.